The fraction of sp³-hybridized carbons (Fsp3) is 0.818. The summed E-state index contributed by atoms with van der Waals surface area (Å²) in [5, 5.41) is 3.43. The number of amidine groups is 1. The van der Waals surface area contributed by atoms with Gasteiger partial charge in [-0.05, 0) is 20.8 Å². The highest BCUT2D eigenvalue weighted by Crippen LogP contribution is 1.99. The normalized spacial score (nSPS) is 24.0. The van der Waals surface area contributed by atoms with Crippen molar-refractivity contribution in [1.29, 1.82) is 0 Å². The Labute approximate surface area is 92.5 Å². The predicted octanol–water partition coefficient (Wildman–Crippen LogP) is 0.789. The van der Waals surface area contributed by atoms with Crippen molar-refractivity contribution in [3.63, 3.8) is 0 Å². The zero-order valence-corrected chi connectivity index (χ0v) is 10.2. The predicted molar refractivity (Wildman–Crippen MR) is 66.0 cm³/mol. The van der Waals surface area contributed by atoms with Crippen LogP contribution in [0.3, 0.4) is 0 Å². The highest BCUT2D eigenvalue weighted by atomic mass is 15.2. The van der Waals surface area contributed by atoms with Crippen molar-refractivity contribution in [3.05, 3.63) is 0 Å². The molecule has 0 bridgehead atoms. The van der Waals surface area contributed by atoms with Gasteiger partial charge in [0.2, 0.25) is 0 Å². The number of hydrogen-bond acceptors (Lipinski definition) is 3. The molecule has 0 aromatic carbocycles. The molecule has 1 heterocycles. The second kappa shape index (κ2) is 5.98. The van der Waals surface area contributed by atoms with E-state index in [-0.39, 0.29) is 0 Å². The van der Waals surface area contributed by atoms with Gasteiger partial charge >= 0.3 is 0 Å². The van der Waals surface area contributed by atoms with Crippen LogP contribution < -0.4 is 5.32 Å². The van der Waals surface area contributed by atoms with Crippen molar-refractivity contribution >= 4 is 11.5 Å². The molecule has 0 aromatic rings. The van der Waals surface area contributed by atoms with E-state index in [2.05, 4.69) is 27.1 Å². The molecule has 1 aliphatic heterocycles. The number of piperazine rings is 1. The quantitative estimate of drug-likeness (QED) is 0.541. The smallest absolute Gasteiger partial charge is 0.137 e. The Kier molecular flexibility index (Phi) is 4.91. The summed E-state index contributed by atoms with van der Waals surface area (Å²) in [6.07, 6.45) is 0. The fourth-order valence-electron chi connectivity index (χ4n) is 1.77. The van der Waals surface area contributed by atoms with Crippen LogP contribution >= 0.6 is 0 Å². The lowest BCUT2D eigenvalue weighted by Crippen LogP contribution is -2.50. The molecule has 0 spiro atoms. The maximum atomic E-state index is 4.42. The maximum absolute atomic E-state index is 4.42. The standard InChI is InChI=1S/C11H22N4/c1-9(2)14-11(12-4)8-15-6-5-13-10(3)7-15/h10,13H,5-8H2,1-4H3/b12-11-/t10-/m1/s1. The largest absolute Gasteiger partial charge is 0.312 e. The lowest BCUT2D eigenvalue weighted by Gasteiger charge is -2.31. The number of aliphatic imine (C=N–C) groups is 2. The molecule has 1 N–H and O–H groups in total. The van der Waals surface area contributed by atoms with Crippen LogP contribution in [0, 0.1) is 0 Å². The van der Waals surface area contributed by atoms with Crippen LogP contribution in [-0.2, 0) is 0 Å². The van der Waals surface area contributed by atoms with Crippen LogP contribution in [0.5, 0.6) is 0 Å². The highest BCUT2D eigenvalue weighted by Gasteiger charge is 2.16. The van der Waals surface area contributed by atoms with Gasteiger partial charge in [0.15, 0.2) is 0 Å². The van der Waals surface area contributed by atoms with E-state index >= 15 is 0 Å². The minimum absolute atomic E-state index is 0.573. The van der Waals surface area contributed by atoms with E-state index in [0.29, 0.717) is 6.04 Å². The summed E-state index contributed by atoms with van der Waals surface area (Å²) < 4.78 is 0. The molecular weight excluding hydrogens is 188 g/mol. The van der Waals surface area contributed by atoms with Crippen molar-refractivity contribution in [3.8, 4) is 0 Å². The van der Waals surface area contributed by atoms with Crippen molar-refractivity contribution < 1.29 is 0 Å². The summed E-state index contributed by atoms with van der Waals surface area (Å²) in [6, 6.07) is 0.573. The molecule has 1 rings (SSSR count). The average Bonchev–Trinajstić information content (AvgIpc) is 2.16. The first-order valence-corrected chi connectivity index (χ1v) is 5.55. The molecule has 1 atom stereocenters. The lowest BCUT2D eigenvalue weighted by atomic mass is 10.2. The second-order valence-electron chi connectivity index (χ2n) is 4.29. The minimum Gasteiger partial charge on any atom is -0.312 e. The van der Waals surface area contributed by atoms with E-state index in [0.717, 1.165) is 37.7 Å². The molecule has 0 amide bonds. The van der Waals surface area contributed by atoms with Gasteiger partial charge in [0, 0.05) is 38.4 Å². The first kappa shape index (κ1) is 12.3. The number of rotatable bonds is 2. The molecule has 0 aromatic heterocycles. The van der Waals surface area contributed by atoms with Crippen molar-refractivity contribution in [2.45, 2.75) is 26.8 Å². The monoisotopic (exact) mass is 210 g/mol. The minimum atomic E-state index is 0.573. The second-order valence-corrected chi connectivity index (χ2v) is 4.29. The van der Waals surface area contributed by atoms with E-state index < -0.39 is 0 Å². The van der Waals surface area contributed by atoms with Crippen molar-refractivity contribution in [1.82, 2.24) is 10.2 Å². The van der Waals surface area contributed by atoms with Crippen LogP contribution in [0.1, 0.15) is 20.8 Å². The molecule has 1 fully saturated rings. The summed E-state index contributed by atoms with van der Waals surface area (Å²) in [4.78, 5) is 11.0. The van der Waals surface area contributed by atoms with Gasteiger partial charge in [0.05, 0.1) is 6.54 Å². The maximum Gasteiger partial charge on any atom is 0.137 e. The Hall–Kier alpha value is -0.740. The molecule has 86 valence electrons. The van der Waals surface area contributed by atoms with Crippen LogP contribution in [0.2, 0.25) is 0 Å². The van der Waals surface area contributed by atoms with Crippen LogP contribution in [0.25, 0.3) is 0 Å². The topological polar surface area (TPSA) is 40.0 Å². The van der Waals surface area contributed by atoms with Gasteiger partial charge in [-0.15, -0.1) is 0 Å². The molecule has 0 unspecified atom stereocenters. The zero-order chi connectivity index (χ0) is 11.3. The Bertz CT molecular complexity index is 253. The van der Waals surface area contributed by atoms with E-state index in [9.17, 15) is 0 Å². The third-order valence-electron chi connectivity index (χ3n) is 2.43. The van der Waals surface area contributed by atoms with Gasteiger partial charge in [-0.2, -0.15) is 0 Å². The van der Waals surface area contributed by atoms with E-state index in [1.807, 2.05) is 20.9 Å². The van der Waals surface area contributed by atoms with E-state index in [1.54, 1.807) is 0 Å². The van der Waals surface area contributed by atoms with Crippen LogP contribution in [0.15, 0.2) is 9.98 Å². The molecule has 0 radical (unpaired) electrons. The third-order valence-corrected chi connectivity index (χ3v) is 2.43. The van der Waals surface area contributed by atoms with Crippen molar-refractivity contribution in [2.75, 3.05) is 33.2 Å². The first-order chi connectivity index (χ1) is 7.11. The summed E-state index contributed by atoms with van der Waals surface area (Å²) in [5.74, 6) is 0.934. The molecule has 0 aliphatic carbocycles. The lowest BCUT2D eigenvalue weighted by molar-refractivity contribution is 0.232. The molecular formula is C11H22N4. The highest BCUT2D eigenvalue weighted by molar-refractivity contribution is 5.96. The SMILES string of the molecule is C/N=C(/CN1CCN[C@H](C)C1)N=C(C)C. The summed E-state index contributed by atoms with van der Waals surface area (Å²) in [7, 11) is 1.81. The molecule has 0 saturated carbocycles. The summed E-state index contributed by atoms with van der Waals surface area (Å²) >= 11 is 0. The third kappa shape index (κ3) is 4.53. The van der Waals surface area contributed by atoms with Gasteiger partial charge < -0.3 is 5.32 Å². The number of nitrogens with one attached hydrogen (secondary N) is 1. The summed E-state index contributed by atoms with van der Waals surface area (Å²) in [6.45, 7) is 10.3. The van der Waals surface area contributed by atoms with Gasteiger partial charge in [-0.1, -0.05) is 0 Å². The Morgan fingerprint density at radius 2 is 2.20 bits per heavy atom. The average molecular weight is 210 g/mol. The molecule has 4 heteroatoms. The van der Waals surface area contributed by atoms with Gasteiger partial charge in [-0.25, -0.2) is 4.99 Å². The fourth-order valence-corrected chi connectivity index (χ4v) is 1.77. The first-order valence-electron chi connectivity index (χ1n) is 5.55. The van der Waals surface area contributed by atoms with Crippen LogP contribution in [0.4, 0.5) is 0 Å². The van der Waals surface area contributed by atoms with Gasteiger partial charge in [-0.3, -0.25) is 9.89 Å². The Balaban J connectivity index is 2.48. The Morgan fingerprint density at radius 1 is 1.47 bits per heavy atom. The van der Waals surface area contributed by atoms with Crippen LogP contribution in [-0.4, -0.2) is 55.7 Å². The number of nitrogens with zero attached hydrogens (tertiary/aromatic N) is 3. The van der Waals surface area contributed by atoms with Crippen molar-refractivity contribution in [2.24, 2.45) is 9.98 Å². The van der Waals surface area contributed by atoms with E-state index in [4.69, 9.17) is 0 Å². The Morgan fingerprint density at radius 3 is 2.73 bits per heavy atom. The zero-order valence-electron chi connectivity index (χ0n) is 10.2. The summed E-state index contributed by atoms with van der Waals surface area (Å²) in [5.41, 5.74) is 1.07. The molecule has 1 aliphatic rings. The molecule has 4 nitrogen and oxygen atoms in total. The van der Waals surface area contributed by atoms with E-state index in [1.165, 1.54) is 0 Å². The van der Waals surface area contributed by atoms with Gasteiger partial charge in [0.1, 0.15) is 5.84 Å². The molecule has 1 saturated heterocycles. The number of hydrogen-bond donors (Lipinski definition) is 1. The molecule has 15 heavy (non-hydrogen) atoms. The van der Waals surface area contributed by atoms with Gasteiger partial charge in [0.25, 0.3) is 0 Å².